The van der Waals surface area contributed by atoms with Gasteiger partial charge in [-0.25, -0.2) is 4.39 Å². The van der Waals surface area contributed by atoms with E-state index in [0.717, 1.165) is 24.1 Å². The van der Waals surface area contributed by atoms with Gasteiger partial charge in [0.15, 0.2) is 11.5 Å². The van der Waals surface area contributed by atoms with Gasteiger partial charge in [-0.15, -0.1) is 0 Å². The molecule has 6 heteroatoms. The van der Waals surface area contributed by atoms with Crippen LogP contribution in [0.5, 0.6) is 11.5 Å². The zero-order chi connectivity index (χ0) is 20.6. The molecule has 0 N–H and O–H groups in total. The average Bonchev–Trinajstić information content (AvgIpc) is 2.75. The van der Waals surface area contributed by atoms with Crippen LogP contribution in [0.1, 0.15) is 16.7 Å². The van der Waals surface area contributed by atoms with Gasteiger partial charge in [0.05, 0.1) is 14.2 Å². The summed E-state index contributed by atoms with van der Waals surface area (Å²) in [6.45, 7) is 1.81. The molecule has 0 spiro atoms. The maximum absolute atomic E-state index is 14.3. The minimum Gasteiger partial charge on any atom is -0.493 e. The van der Waals surface area contributed by atoms with Crippen molar-refractivity contribution in [2.24, 2.45) is 0 Å². The normalized spacial score (nSPS) is 10.9. The van der Waals surface area contributed by atoms with Crippen molar-refractivity contribution < 1.29 is 13.9 Å². The third-order valence-corrected chi connectivity index (χ3v) is 5.12. The highest BCUT2D eigenvalue weighted by Crippen LogP contribution is 2.28. The van der Waals surface area contributed by atoms with Crippen LogP contribution in [0, 0.1) is 5.82 Å². The predicted octanol–water partition coefficient (Wildman–Crippen LogP) is 5.14. The van der Waals surface area contributed by atoms with E-state index in [0.29, 0.717) is 35.2 Å². The van der Waals surface area contributed by atoms with E-state index in [1.807, 2.05) is 30.3 Å². The van der Waals surface area contributed by atoms with Crippen molar-refractivity contribution in [1.82, 2.24) is 9.88 Å². The van der Waals surface area contributed by atoms with Crippen LogP contribution in [0.15, 0.2) is 60.9 Å². The van der Waals surface area contributed by atoms with Gasteiger partial charge in [0, 0.05) is 42.6 Å². The van der Waals surface area contributed by atoms with E-state index >= 15 is 0 Å². The van der Waals surface area contributed by atoms with Crippen molar-refractivity contribution in [3.05, 3.63) is 88.5 Å². The molecule has 0 unspecified atom stereocenters. The molecule has 0 amide bonds. The van der Waals surface area contributed by atoms with Crippen LogP contribution < -0.4 is 9.47 Å². The van der Waals surface area contributed by atoms with Crippen LogP contribution in [0.25, 0.3) is 0 Å². The Hall–Kier alpha value is -2.63. The zero-order valence-corrected chi connectivity index (χ0v) is 17.3. The van der Waals surface area contributed by atoms with Crippen LogP contribution in [-0.2, 0) is 19.5 Å². The highest BCUT2D eigenvalue weighted by Gasteiger charge is 2.14. The van der Waals surface area contributed by atoms with Crippen molar-refractivity contribution in [2.45, 2.75) is 19.5 Å². The lowest BCUT2D eigenvalue weighted by Crippen LogP contribution is -2.26. The van der Waals surface area contributed by atoms with Crippen molar-refractivity contribution in [3.8, 4) is 11.5 Å². The van der Waals surface area contributed by atoms with Gasteiger partial charge in [-0.3, -0.25) is 9.88 Å². The number of aromatic nitrogens is 1. The number of nitrogens with zero attached hydrogens (tertiary/aromatic N) is 2. The molecule has 0 atom stereocenters. The molecule has 3 aromatic rings. The highest BCUT2D eigenvalue weighted by atomic mass is 35.5. The third-order valence-electron chi connectivity index (χ3n) is 4.76. The summed E-state index contributed by atoms with van der Waals surface area (Å²) >= 11 is 6.26. The Morgan fingerprint density at radius 1 is 0.931 bits per heavy atom. The van der Waals surface area contributed by atoms with Crippen molar-refractivity contribution in [2.75, 3.05) is 20.8 Å². The van der Waals surface area contributed by atoms with Crippen LogP contribution in [0.3, 0.4) is 0 Å². The number of benzene rings is 2. The first-order chi connectivity index (χ1) is 14.1. The monoisotopic (exact) mass is 414 g/mol. The van der Waals surface area contributed by atoms with Gasteiger partial charge in [-0.2, -0.15) is 0 Å². The molecule has 0 fully saturated rings. The van der Waals surface area contributed by atoms with Gasteiger partial charge >= 0.3 is 0 Å². The Labute approximate surface area is 175 Å². The molecule has 0 radical (unpaired) electrons. The zero-order valence-electron chi connectivity index (χ0n) is 16.6. The maximum atomic E-state index is 14.3. The number of ether oxygens (including phenoxy) is 2. The number of hydrogen-bond donors (Lipinski definition) is 0. The van der Waals surface area contributed by atoms with Crippen LogP contribution >= 0.6 is 11.6 Å². The molecule has 0 saturated carbocycles. The molecular weight excluding hydrogens is 391 g/mol. The number of pyridine rings is 1. The Morgan fingerprint density at radius 2 is 1.69 bits per heavy atom. The predicted molar refractivity (Wildman–Crippen MR) is 113 cm³/mol. The SMILES string of the molecule is COc1ccc(CCN(Cc2ccncc2)Cc2c(F)cccc2Cl)cc1OC. The highest BCUT2D eigenvalue weighted by molar-refractivity contribution is 6.31. The Morgan fingerprint density at radius 3 is 2.38 bits per heavy atom. The van der Waals surface area contributed by atoms with E-state index in [-0.39, 0.29) is 5.82 Å². The molecule has 3 rings (SSSR count). The summed E-state index contributed by atoms with van der Waals surface area (Å²) in [5.41, 5.74) is 2.73. The molecule has 1 heterocycles. The first-order valence-electron chi connectivity index (χ1n) is 9.35. The topological polar surface area (TPSA) is 34.6 Å². The summed E-state index contributed by atoms with van der Waals surface area (Å²) in [5.74, 6) is 1.11. The van der Waals surface area contributed by atoms with E-state index in [1.54, 1.807) is 38.7 Å². The Kier molecular flexibility index (Phi) is 7.44. The summed E-state index contributed by atoms with van der Waals surface area (Å²) in [5, 5.41) is 0.441. The molecule has 29 heavy (non-hydrogen) atoms. The van der Waals surface area contributed by atoms with Gasteiger partial charge in [-0.1, -0.05) is 23.7 Å². The molecule has 152 valence electrons. The second-order valence-electron chi connectivity index (χ2n) is 6.71. The van der Waals surface area contributed by atoms with Crippen LogP contribution in [0.4, 0.5) is 4.39 Å². The Balaban J connectivity index is 1.78. The summed E-state index contributed by atoms with van der Waals surface area (Å²) < 4.78 is 25.0. The molecule has 1 aromatic heterocycles. The standard InChI is InChI=1S/C23H24ClFN2O2/c1-28-22-7-6-17(14-23(22)29-2)10-13-27(15-18-8-11-26-12-9-18)16-19-20(24)4-3-5-21(19)25/h3-9,11-12,14H,10,13,15-16H2,1-2H3. The lowest BCUT2D eigenvalue weighted by atomic mass is 10.1. The number of hydrogen-bond acceptors (Lipinski definition) is 4. The fourth-order valence-electron chi connectivity index (χ4n) is 3.19. The van der Waals surface area contributed by atoms with Crippen LogP contribution in [0.2, 0.25) is 5.02 Å². The molecule has 2 aromatic carbocycles. The summed E-state index contributed by atoms with van der Waals surface area (Å²) in [6, 6.07) is 14.6. The molecular formula is C23H24ClFN2O2. The number of methoxy groups -OCH3 is 2. The fourth-order valence-corrected chi connectivity index (χ4v) is 3.41. The molecule has 0 aliphatic heterocycles. The molecule has 0 saturated heterocycles. The summed E-state index contributed by atoms with van der Waals surface area (Å²) in [7, 11) is 3.24. The van der Waals surface area contributed by atoms with Gasteiger partial charge in [0.2, 0.25) is 0 Å². The van der Waals surface area contributed by atoms with E-state index in [4.69, 9.17) is 21.1 Å². The smallest absolute Gasteiger partial charge is 0.160 e. The first-order valence-corrected chi connectivity index (χ1v) is 9.73. The minimum absolute atomic E-state index is 0.289. The lowest BCUT2D eigenvalue weighted by molar-refractivity contribution is 0.256. The van der Waals surface area contributed by atoms with Crippen molar-refractivity contribution in [3.63, 3.8) is 0 Å². The van der Waals surface area contributed by atoms with Gasteiger partial charge < -0.3 is 9.47 Å². The van der Waals surface area contributed by atoms with Gasteiger partial charge in [0.1, 0.15) is 5.82 Å². The van der Waals surface area contributed by atoms with E-state index in [9.17, 15) is 4.39 Å². The third kappa shape index (κ3) is 5.68. The van der Waals surface area contributed by atoms with Gasteiger partial charge in [0.25, 0.3) is 0 Å². The van der Waals surface area contributed by atoms with Crippen molar-refractivity contribution in [1.29, 1.82) is 0 Å². The summed E-state index contributed by atoms with van der Waals surface area (Å²) in [6.07, 6.45) is 4.30. The molecule has 4 nitrogen and oxygen atoms in total. The number of halogens is 2. The molecule has 0 aliphatic carbocycles. The van der Waals surface area contributed by atoms with E-state index in [2.05, 4.69) is 9.88 Å². The summed E-state index contributed by atoms with van der Waals surface area (Å²) in [4.78, 5) is 6.25. The fraction of sp³-hybridized carbons (Fsp3) is 0.261. The average molecular weight is 415 g/mol. The van der Waals surface area contributed by atoms with E-state index < -0.39 is 0 Å². The minimum atomic E-state index is -0.289. The first kappa shape index (κ1) is 21.1. The molecule has 0 aliphatic rings. The van der Waals surface area contributed by atoms with Crippen molar-refractivity contribution >= 4 is 11.6 Å². The maximum Gasteiger partial charge on any atom is 0.160 e. The second-order valence-corrected chi connectivity index (χ2v) is 7.11. The van der Waals surface area contributed by atoms with Gasteiger partial charge in [-0.05, 0) is 53.9 Å². The Bertz CT molecular complexity index is 917. The lowest BCUT2D eigenvalue weighted by Gasteiger charge is -2.23. The molecule has 0 bridgehead atoms. The second kappa shape index (κ2) is 10.2. The largest absolute Gasteiger partial charge is 0.493 e. The number of rotatable bonds is 9. The van der Waals surface area contributed by atoms with E-state index in [1.165, 1.54) is 6.07 Å². The van der Waals surface area contributed by atoms with Crippen LogP contribution in [-0.4, -0.2) is 30.6 Å². The quantitative estimate of drug-likeness (QED) is 0.485.